The Balaban J connectivity index is 1.95. The van der Waals surface area contributed by atoms with Gasteiger partial charge in [-0.2, -0.15) is 0 Å². The molecule has 0 bridgehead atoms. The van der Waals surface area contributed by atoms with Crippen LogP contribution >= 0.6 is 0 Å². The van der Waals surface area contributed by atoms with Crippen LogP contribution in [0.1, 0.15) is 11.3 Å². The highest BCUT2D eigenvalue weighted by Crippen LogP contribution is 2.21. The number of nitrogens with one attached hydrogen (secondary N) is 1. The van der Waals surface area contributed by atoms with E-state index in [0.29, 0.717) is 6.54 Å². The maximum atomic E-state index is 12.0. The van der Waals surface area contributed by atoms with E-state index in [4.69, 9.17) is 0 Å². The quantitative estimate of drug-likeness (QED) is 0.802. The zero-order valence-corrected chi connectivity index (χ0v) is 12.1. The van der Waals surface area contributed by atoms with Crippen molar-refractivity contribution in [3.63, 3.8) is 0 Å². The summed E-state index contributed by atoms with van der Waals surface area (Å²) in [6, 6.07) is 13.6. The number of hydrogen-bond donors (Lipinski definition) is 1. The molecule has 0 atom stereocenters. The van der Waals surface area contributed by atoms with Crippen molar-refractivity contribution < 1.29 is 0 Å². The van der Waals surface area contributed by atoms with Gasteiger partial charge in [0, 0.05) is 42.6 Å². The molecule has 0 fully saturated rings. The smallest absolute Gasteiger partial charge is 0.252 e. The fourth-order valence-electron chi connectivity index (χ4n) is 2.36. The van der Waals surface area contributed by atoms with Crippen LogP contribution in [0.15, 0.2) is 53.5 Å². The lowest BCUT2D eigenvalue weighted by molar-refractivity contribution is 0.905. The van der Waals surface area contributed by atoms with Crippen molar-refractivity contribution >= 4 is 16.6 Å². The van der Waals surface area contributed by atoms with Gasteiger partial charge in [0.05, 0.1) is 5.52 Å². The fourth-order valence-corrected chi connectivity index (χ4v) is 2.36. The Morgan fingerprint density at radius 1 is 1.19 bits per heavy atom. The number of rotatable bonds is 3. The van der Waals surface area contributed by atoms with Gasteiger partial charge in [-0.15, -0.1) is 0 Å². The molecule has 3 rings (SSSR count). The van der Waals surface area contributed by atoms with E-state index in [1.54, 1.807) is 17.7 Å². The van der Waals surface area contributed by atoms with Gasteiger partial charge in [0.2, 0.25) is 0 Å². The van der Waals surface area contributed by atoms with Crippen LogP contribution in [0.3, 0.4) is 0 Å². The van der Waals surface area contributed by atoms with Gasteiger partial charge in [0.1, 0.15) is 0 Å². The van der Waals surface area contributed by atoms with Gasteiger partial charge >= 0.3 is 0 Å². The fraction of sp³-hybridized carbons (Fsp3) is 0.176. The molecule has 106 valence electrons. The summed E-state index contributed by atoms with van der Waals surface area (Å²) in [5, 5.41) is 4.38. The lowest BCUT2D eigenvalue weighted by Crippen LogP contribution is -2.17. The minimum Gasteiger partial charge on any atom is -0.380 e. The van der Waals surface area contributed by atoms with Crippen LogP contribution in [0.2, 0.25) is 0 Å². The minimum absolute atomic E-state index is 0.0155. The molecule has 3 aromatic rings. The zero-order chi connectivity index (χ0) is 14.8. The van der Waals surface area contributed by atoms with Gasteiger partial charge in [-0.05, 0) is 24.6 Å². The van der Waals surface area contributed by atoms with Crippen LogP contribution in [0.4, 0.5) is 5.69 Å². The van der Waals surface area contributed by atoms with Crippen molar-refractivity contribution in [2.75, 3.05) is 5.32 Å². The highest BCUT2D eigenvalue weighted by molar-refractivity contribution is 5.91. The molecule has 21 heavy (non-hydrogen) atoms. The summed E-state index contributed by atoms with van der Waals surface area (Å²) in [7, 11) is 1.79. The first-order chi connectivity index (χ1) is 10.1. The minimum atomic E-state index is -0.0155. The molecule has 1 N–H and O–H groups in total. The lowest BCUT2D eigenvalue weighted by atomic mass is 10.1. The molecule has 0 aliphatic heterocycles. The average molecular weight is 279 g/mol. The Labute approximate surface area is 123 Å². The number of para-hydroxylation sites is 1. The molecule has 1 aromatic carbocycles. The summed E-state index contributed by atoms with van der Waals surface area (Å²) in [6.07, 6.45) is 1.85. The summed E-state index contributed by atoms with van der Waals surface area (Å²) < 4.78 is 1.66. The van der Waals surface area contributed by atoms with E-state index in [0.717, 1.165) is 27.8 Å². The Morgan fingerprint density at radius 2 is 2.00 bits per heavy atom. The number of aromatic nitrogens is 2. The van der Waals surface area contributed by atoms with E-state index >= 15 is 0 Å². The Hall–Kier alpha value is -2.62. The summed E-state index contributed by atoms with van der Waals surface area (Å²) >= 11 is 0. The molecule has 0 radical (unpaired) electrons. The summed E-state index contributed by atoms with van der Waals surface area (Å²) in [6.45, 7) is 2.61. The first-order valence-corrected chi connectivity index (χ1v) is 6.89. The van der Waals surface area contributed by atoms with Crippen molar-refractivity contribution in [1.82, 2.24) is 9.55 Å². The second kappa shape index (κ2) is 5.40. The third kappa shape index (κ3) is 2.65. The SMILES string of the molecule is Cc1ccc(CNc2cc(=O)n(C)c3ccccc23)cn1. The lowest BCUT2D eigenvalue weighted by Gasteiger charge is -2.12. The molecule has 2 aromatic heterocycles. The van der Waals surface area contributed by atoms with Crippen LogP contribution in [0.25, 0.3) is 10.9 Å². The Bertz CT molecular complexity index is 835. The number of pyridine rings is 2. The zero-order valence-electron chi connectivity index (χ0n) is 12.1. The van der Waals surface area contributed by atoms with E-state index in [2.05, 4.69) is 10.3 Å². The molecular weight excluding hydrogens is 262 g/mol. The molecule has 0 amide bonds. The molecule has 4 nitrogen and oxygen atoms in total. The highest BCUT2D eigenvalue weighted by Gasteiger charge is 2.05. The second-order valence-corrected chi connectivity index (χ2v) is 5.13. The maximum absolute atomic E-state index is 12.0. The predicted molar refractivity (Wildman–Crippen MR) is 85.5 cm³/mol. The Kier molecular flexibility index (Phi) is 3.44. The van der Waals surface area contributed by atoms with Crippen LogP contribution in [0, 0.1) is 6.92 Å². The standard InChI is InChI=1S/C17H17N3O/c1-12-7-8-13(10-18-12)11-19-15-9-17(21)20(2)16-6-4-3-5-14(15)16/h3-10,19H,11H2,1-2H3. The number of anilines is 1. The second-order valence-electron chi connectivity index (χ2n) is 5.13. The van der Waals surface area contributed by atoms with Crippen LogP contribution in [0.5, 0.6) is 0 Å². The number of aryl methyl sites for hydroxylation is 2. The van der Waals surface area contributed by atoms with E-state index in [-0.39, 0.29) is 5.56 Å². The number of benzene rings is 1. The molecule has 0 unspecified atom stereocenters. The Morgan fingerprint density at radius 3 is 2.76 bits per heavy atom. The maximum Gasteiger partial charge on any atom is 0.252 e. The van der Waals surface area contributed by atoms with E-state index in [1.165, 1.54) is 0 Å². The van der Waals surface area contributed by atoms with Crippen LogP contribution in [-0.2, 0) is 13.6 Å². The predicted octanol–water partition coefficient (Wildman–Crippen LogP) is 2.85. The molecule has 0 spiro atoms. The van der Waals surface area contributed by atoms with Crippen molar-refractivity contribution in [2.45, 2.75) is 13.5 Å². The largest absolute Gasteiger partial charge is 0.380 e. The van der Waals surface area contributed by atoms with Gasteiger partial charge in [-0.1, -0.05) is 24.3 Å². The molecule has 0 saturated heterocycles. The van der Waals surface area contributed by atoms with E-state index < -0.39 is 0 Å². The first-order valence-electron chi connectivity index (χ1n) is 6.89. The van der Waals surface area contributed by atoms with Crippen LogP contribution < -0.4 is 10.9 Å². The summed E-state index contributed by atoms with van der Waals surface area (Å²) in [4.78, 5) is 16.3. The number of fused-ring (bicyclic) bond motifs is 1. The van der Waals surface area contributed by atoms with Crippen molar-refractivity contribution in [2.24, 2.45) is 7.05 Å². The van der Waals surface area contributed by atoms with Gasteiger partial charge < -0.3 is 9.88 Å². The van der Waals surface area contributed by atoms with Crippen molar-refractivity contribution in [3.05, 3.63) is 70.3 Å². The van der Waals surface area contributed by atoms with Gasteiger partial charge in [0.25, 0.3) is 5.56 Å². The molecular formula is C17H17N3O. The number of hydrogen-bond acceptors (Lipinski definition) is 3. The summed E-state index contributed by atoms with van der Waals surface area (Å²) in [5.74, 6) is 0. The van der Waals surface area contributed by atoms with E-state index in [9.17, 15) is 4.79 Å². The third-order valence-corrected chi connectivity index (χ3v) is 3.61. The van der Waals surface area contributed by atoms with Crippen molar-refractivity contribution in [3.8, 4) is 0 Å². The number of nitrogens with zero attached hydrogens (tertiary/aromatic N) is 2. The average Bonchev–Trinajstić information content (AvgIpc) is 2.51. The monoisotopic (exact) mass is 279 g/mol. The van der Waals surface area contributed by atoms with Gasteiger partial charge in [-0.3, -0.25) is 9.78 Å². The molecule has 0 aliphatic carbocycles. The molecule has 4 heteroatoms. The third-order valence-electron chi connectivity index (χ3n) is 3.61. The topological polar surface area (TPSA) is 46.9 Å². The molecule has 0 aliphatic rings. The van der Waals surface area contributed by atoms with Gasteiger partial charge in [-0.25, -0.2) is 0 Å². The molecule has 2 heterocycles. The van der Waals surface area contributed by atoms with Crippen LogP contribution in [-0.4, -0.2) is 9.55 Å². The first kappa shape index (κ1) is 13.4. The highest BCUT2D eigenvalue weighted by atomic mass is 16.1. The van der Waals surface area contributed by atoms with E-state index in [1.807, 2.05) is 49.5 Å². The van der Waals surface area contributed by atoms with Gasteiger partial charge in [0.15, 0.2) is 0 Å². The normalized spacial score (nSPS) is 10.8. The molecule has 0 saturated carbocycles. The summed E-state index contributed by atoms with van der Waals surface area (Å²) in [5.41, 5.74) is 3.85. The van der Waals surface area contributed by atoms with Crippen molar-refractivity contribution in [1.29, 1.82) is 0 Å².